The van der Waals surface area contributed by atoms with Crippen LogP contribution in [0.3, 0.4) is 0 Å². The Morgan fingerprint density at radius 1 is 1.25 bits per heavy atom. The Balaban J connectivity index is 2.49. The van der Waals surface area contributed by atoms with Gasteiger partial charge in [-0.05, 0) is 24.1 Å². The maximum atomic E-state index is 11.1. The Kier molecular flexibility index (Phi) is 7.66. The topological polar surface area (TPSA) is 35.5 Å². The predicted molar refractivity (Wildman–Crippen MR) is 80.8 cm³/mol. The molecule has 0 aliphatic carbocycles. The number of rotatable bonds is 9. The molecule has 20 heavy (non-hydrogen) atoms. The lowest BCUT2D eigenvalue weighted by atomic mass is 10.0. The lowest BCUT2D eigenvalue weighted by Crippen LogP contribution is -2.22. The number of carbonyl (C=O) groups is 1. The second kappa shape index (κ2) is 9.32. The third kappa shape index (κ3) is 5.57. The van der Waals surface area contributed by atoms with E-state index in [-0.39, 0.29) is 5.92 Å². The second-order valence-corrected chi connectivity index (χ2v) is 4.84. The Morgan fingerprint density at radius 3 is 2.50 bits per heavy atom. The maximum Gasteiger partial charge on any atom is 0.149 e. The molecule has 0 fully saturated rings. The summed E-state index contributed by atoms with van der Waals surface area (Å²) in [7, 11) is 1.64. The molecule has 1 aromatic rings. The fourth-order valence-corrected chi connectivity index (χ4v) is 1.82. The first-order valence-corrected chi connectivity index (χ1v) is 7.07. The number of hydrogen-bond acceptors (Lipinski definition) is 3. The van der Waals surface area contributed by atoms with E-state index in [1.54, 1.807) is 7.11 Å². The number of allylic oxidation sites excluding steroid dienone is 1. The van der Waals surface area contributed by atoms with E-state index in [1.807, 2.05) is 31.2 Å². The summed E-state index contributed by atoms with van der Waals surface area (Å²) >= 11 is 0. The van der Waals surface area contributed by atoms with Crippen molar-refractivity contribution in [2.24, 2.45) is 5.92 Å². The van der Waals surface area contributed by atoms with E-state index in [2.05, 4.69) is 19.1 Å². The number of ether oxygens (including phenoxy) is 2. The predicted octanol–water partition coefficient (Wildman–Crippen LogP) is 3.77. The van der Waals surface area contributed by atoms with Gasteiger partial charge < -0.3 is 14.3 Å². The second-order valence-electron chi connectivity index (χ2n) is 4.84. The van der Waals surface area contributed by atoms with Gasteiger partial charge in [-0.3, -0.25) is 0 Å². The van der Waals surface area contributed by atoms with Crippen LogP contribution < -0.4 is 4.74 Å². The molecule has 1 rings (SSSR count). The number of unbranched alkanes of at least 4 members (excludes halogenated alkanes) is 1. The molecule has 0 saturated carbocycles. The molecule has 0 unspecified atom stereocenters. The Labute approximate surface area is 121 Å². The third-order valence-corrected chi connectivity index (χ3v) is 3.15. The molecule has 0 bridgehead atoms. The summed E-state index contributed by atoms with van der Waals surface area (Å²) in [6.45, 7) is 4.56. The summed E-state index contributed by atoms with van der Waals surface area (Å²) in [5, 5.41) is 0. The van der Waals surface area contributed by atoms with Gasteiger partial charge in [0.25, 0.3) is 0 Å². The molecule has 3 nitrogen and oxygen atoms in total. The fourth-order valence-electron chi connectivity index (χ4n) is 1.82. The summed E-state index contributed by atoms with van der Waals surface area (Å²) in [6, 6.07) is 7.66. The molecule has 0 heterocycles. The molecule has 0 radical (unpaired) electrons. The lowest BCUT2D eigenvalue weighted by Gasteiger charge is -2.16. The average Bonchev–Trinajstić information content (AvgIpc) is 2.49. The lowest BCUT2D eigenvalue weighted by molar-refractivity contribution is -0.120. The Bertz CT molecular complexity index is 409. The van der Waals surface area contributed by atoms with Crippen LogP contribution in [0.25, 0.3) is 0 Å². The third-order valence-electron chi connectivity index (χ3n) is 3.15. The number of methoxy groups -OCH3 is 1. The van der Waals surface area contributed by atoms with Gasteiger partial charge in [0, 0.05) is 5.92 Å². The zero-order valence-electron chi connectivity index (χ0n) is 12.5. The van der Waals surface area contributed by atoms with E-state index in [0.29, 0.717) is 6.61 Å². The van der Waals surface area contributed by atoms with Crippen LogP contribution in [0.4, 0.5) is 0 Å². The van der Waals surface area contributed by atoms with Crippen LogP contribution in [-0.4, -0.2) is 19.5 Å². The van der Waals surface area contributed by atoms with Gasteiger partial charge in [0.1, 0.15) is 18.1 Å². The summed E-state index contributed by atoms with van der Waals surface area (Å²) in [6.07, 6.45) is 6.79. The van der Waals surface area contributed by atoms with Crippen molar-refractivity contribution in [1.29, 1.82) is 0 Å². The van der Waals surface area contributed by atoms with Gasteiger partial charge in [0.15, 0.2) is 0 Å². The van der Waals surface area contributed by atoms with E-state index >= 15 is 0 Å². The van der Waals surface area contributed by atoms with Crippen LogP contribution in [-0.2, 0) is 16.1 Å². The first kappa shape index (κ1) is 16.4. The van der Waals surface area contributed by atoms with Crippen molar-refractivity contribution in [3.05, 3.63) is 42.0 Å². The van der Waals surface area contributed by atoms with Crippen molar-refractivity contribution in [3.63, 3.8) is 0 Å². The van der Waals surface area contributed by atoms with E-state index in [4.69, 9.17) is 9.47 Å². The minimum atomic E-state index is -0.398. The van der Waals surface area contributed by atoms with Gasteiger partial charge in [-0.2, -0.15) is 0 Å². The zero-order chi connectivity index (χ0) is 14.8. The minimum Gasteiger partial charge on any atom is -0.497 e. The number of hydrogen-bond donors (Lipinski definition) is 0. The molecule has 0 amide bonds. The van der Waals surface area contributed by atoms with Crippen LogP contribution in [0.2, 0.25) is 0 Å². The number of aldehydes is 1. The van der Waals surface area contributed by atoms with Crippen molar-refractivity contribution in [2.45, 2.75) is 39.4 Å². The molecule has 0 aliphatic heterocycles. The van der Waals surface area contributed by atoms with Crippen molar-refractivity contribution in [1.82, 2.24) is 0 Å². The molecule has 0 aromatic heterocycles. The number of benzene rings is 1. The van der Waals surface area contributed by atoms with Crippen molar-refractivity contribution in [3.8, 4) is 5.75 Å². The van der Waals surface area contributed by atoms with Crippen molar-refractivity contribution in [2.75, 3.05) is 7.11 Å². The molecule has 2 atom stereocenters. The average molecular weight is 276 g/mol. The van der Waals surface area contributed by atoms with Gasteiger partial charge >= 0.3 is 0 Å². The largest absolute Gasteiger partial charge is 0.497 e. The van der Waals surface area contributed by atoms with Crippen LogP contribution >= 0.6 is 0 Å². The first-order chi connectivity index (χ1) is 9.71. The van der Waals surface area contributed by atoms with Crippen LogP contribution in [0, 0.1) is 5.92 Å². The van der Waals surface area contributed by atoms with Crippen LogP contribution in [0.5, 0.6) is 5.75 Å². The van der Waals surface area contributed by atoms with Gasteiger partial charge in [-0.25, -0.2) is 0 Å². The van der Waals surface area contributed by atoms with Gasteiger partial charge in [-0.1, -0.05) is 44.6 Å². The summed E-state index contributed by atoms with van der Waals surface area (Å²) in [5.41, 5.74) is 1.03. The summed E-state index contributed by atoms with van der Waals surface area (Å²) in [5.74, 6) is 0.911. The van der Waals surface area contributed by atoms with Gasteiger partial charge in [0.05, 0.1) is 13.7 Å². The summed E-state index contributed by atoms with van der Waals surface area (Å²) in [4.78, 5) is 11.1. The molecule has 1 aromatic carbocycles. The van der Waals surface area contributed by atoms with Gasteiger partial charge in [0.2, 0.25) is 0 Å². The van der Waals surface area contributed by atoms with E-state index < -0.39 is 6.10 Å². The Morgan fingerprint density at radius 2 is 1.95 bits per heavy atom. The van der Waals surface area contributed by atoms with Crippen LogP contribution in [0.15, 0.2) is 36.4 Å². The maximum absolute atomic E-state index is 11.1. The number of carbonyl (C=O) groups excluding carboxylic acids is 1. The van der Waals surface area contributed by atoms with E-state index in [1.165, 1.54) is 0 Å². The van der Waals surface area contributed by atoms with Crippen molar-refractivity contribution < 1.29 is 14.3 Å². The molecule has 110 valence electrons. The van der Waals surface area contributed by atoms with Crippen molar-refractivity contribution >= 4 is 6.29 Å². The Hall–Kier alpha value is -1.61. The smallest absolute Gasteiger partial charge is 0.149 e. The highest BCUT2D eigenvalue weighted by Gasteiger charge is 2.14. The van der Waals surface area contributed by atoms with Crippen LogP contribution in [0.1, 0.15) is 32.3 Å². The standard InChI is InChI=1S/C17H24O3/c1-4-5-6-7-14(2)17(12-18)20-13-15-8-10-16(19-3)11-9-15/h6-12,14,17H,4-5,13H2,1-3H3/b7-6+/t14-,17+/m1/s1. The first-order valence-electron chi connectivity index (χ1n) is 7.07. The van der Waals surface area contributed by atoms with E-state index in [0.717, 1.165) is 30.4 Å². The minimum absolute atomic E-state index is 0.0947. The summed E-state index contributed by atoms with van der Waals surface area (Å²) < 4.78 is 10.8. The molecule has 0 saturated heterocycles. The highest BCUT2D eigenvalue weighted by atomic mass is 16.5. The highest BCUT2D eigenvalue weighted by Crippen LogP contribution is 2.15. The van der Waals surface area contributed by atoms with Gasteiger partial charge in [-0.15, -0.1) is 0 Å². The fraction of sp³-hybridized carbons (Fsp3) is 0.471. The van der Waals surface area contributed by atoms with E-state index in [9.17, 15) is 4.79 Å². The molecular weight excluding hydrogens is 252 g/mol. The molecule has 0 spiro atoms. The monoisotopic (exact) mass is 276 g/mol. The normalized spacial score (nSPS) is 14.2. The highest BCUT2D eigenvalue weighted by molar-refractivity contribution is 5.57. The molecule has 3 heteroatoms. The molecule has 0 N–H and O–H groups in total. The molecular formula is C17H24O3. The SMILES string of the molecule is CCC/C=C/[C@@H](C)[C@H](C=O)OCc1ccc(OC)cc1. The molecule has 0 aliphatic rings. The zero-order valence-corrected chi connectivity index (χ0v) is 12.5. The quantitative estimate of drug-likeness (QED) is 0.509.